The van der Waals surface area contributed by atoms with E-state index in [9.17, 15) is 26.3 Å². The van der Waals surface area contributed by atoms with Gasteiger partial charge in [0.2, 0.25) is 5.41 Å². The second-order valence-electron chi connectivity index (χ2n) is 6.91. The molecule has 3 aromatic carbocycles. The molecule has 8 heteroatoms. The first-order valence-electron chi connectivity index (χ1n) is 9.12. The molecule has 2 nitrogen and oxygen atoms in total. The van der Waals surface area contributed by atoms with E-state index >= 15 is 0 Å². The number of rotatable bonds is 5. The molecule has 0 amide bonds. The van der Waals surface area contributed by atoms with Crippen LogP contribution >= 0.6 is 0 Å². The number of halogens is 6. The molecule has 0 aromatic heterocycles. The Bertz CT molecular complexity index is 990. The highest BCUT2D eigenvalue weighted by Gasteiger charge is 2.72. The van der Waals surface area contributed by atoms with Gasteiger partial charge in [-0.25, -0.2) is 0 Å². The van der Waals surface area contributed by atoms with Crippen molar-refractivity contribution in [3.05, 3.63) is 89.5 Å². The summed E-state index contributed by atoms with van der Waals surface area (Å²) in [5.41, 5.74) is -5.16. The summed E-state index contributed by atoms with van der Waals surface area (Å²) >= 11 is 0. The monoisotopic (exact) mass is 440 g/mol. The number of methoxy groups -OCH3 is 1. The Labute approximate surface area is 175 Å². The number of benzene rings is 3. The van der Waals surface area contributed by atoms with Gasteiger partial charge in [-0.3, -0.25) is 0 Å². The van der Waals surface area contributed by atoms with Gasteiger partial charge in [-0.2, -0.15) is 26.3 Å². The van der Waals surface area contributed by atoms with Gasteiger partial charge in [0.15, 0.2) is 0 Å². The summed E-state index contributed by atoms with van der Waals surface area (Å²) in [5, 5.41) is 0. The lowest BCUT2D eigenvalue weighted by molar-refractivity contribution is -0.288. The Balaban J connectivity index is 2.09. The molecule has 0 fully saturated rings. The number of hydrogen-bond acceptors (Lipinski definition) is 2. The number of ether oxygens (including phenoxy) is 2. The molecule has 0 saturated heterocycles. The molecule has 0 bridgehead atoms. The molecule has 31 heavy (non-hydrogen) atoms. The van der Waals surface area contributed by atoms with E-state index in [1.165, 1.54) is 7.11 Å². The molecule has 3 rings (SSSR count). The van der Waals surface area contributed by atoms with Crippen molar-refractivity contribution < 1.29 is 35.8 Å². The van der Waals surface area contributed by atoms with E-state index in [1.807, 2.05) is 6.92 Å². The normalized spacial score (nSPS) is 12.5. The minimum absolute atomic E-state index is 0.112. The Morgan fingerprint density at radius 3 is 1.26 bits per heavy atom. The van der Waals surface area contributed by atoms with Crippen LogP contribution < -0.4 is 9.47 Å². The third-order valence-electron chi connectivity index (χ3n) is 4.92. The van der Waals surface area contributed by atoms with Crippen LogP contribution in [0.5, 0.6) is 17.2 Å². The van der Waals surface area contributed by atoms with Crippen molar-refractivity contribution in [2.45, 2.75) is 24.7 Å². The van der Waals surface area contributed by atoms with E-state index in [4.69, 9.17) is 9.47 Å². The average Bonchev–Trinajstić information content (AvgIpc) is 2.70. The zero-order valence-electron chi connectivity index (χ0n) is 16.5. The van der Waals surface area contributed by atoms with Gasteiger partial charge < -0.3 is 9.47 Å². The molecule has 0 aliphatic carbocycles. The van der Waals surface area contributed by atoms with Gasteiger partial charge in [0.25, 0.3) is 0 Å². The van der Waals surface area contributed by atoms with Crippen LogP contribution in [0.2, 0.25) is 0 Å². The van der Waals surface area contributed by atoms with Crippen molar-refractivity contribution in [3.63, 3.8) is 0 Å². The van der Waals surface area contributed by atoms with Gasteiger partial charge in [0, 0.05) is 0 Å². The first kappa shape index (κ1) is 22.5. The zero-order chi connectivity index (χ0) is 22.9. The third-order valence-corrected chi connectivity index (χ3v) is 4.92. The molecular weight excluding hydrogens is 422 g/mol. The molecule has 0 heterocycles. The number of alkyl halides is 6. The highest BCUT2D eigenvalue weighted by atomic mass is 19.4. The fraction of sp³-hybridized carbons (Fsp3) is 0.217. The molecule has 0 atom stereocenters. The van der Waals surface area contributed by atoms with Crippen LogP contribution in [0.4, 0.5) is 26.3 Å². The lowest BCUT2D eigenvalue weighted by Crippen LogP contribution is -2.54. The van der Waals surface area contributed by atoms with Crippen LogP contribution in [0.3, 0.4) is 0 Å². The van der Waals surface area contributed by atoms with Gasteiger partial charge in [0.1, 0.15) is 17.2 Å². The Kier molecular flexibility index (Phi) is 5.93. The lowest BCUT2D eigenvalue weighted by atomic mass is 9.73. The number of hydrogen-bond donors (Lipinski definition) is 0. The van der Waals surface area contributed by atoms with Gasteiger partial charge in [0.05, 0.1) is 7.11 Å². The zero-order valence-corrected chi connectivity index (χ0v) is 16.5. The molecule has 0 N–H and O–H groups in total. The summed E-state index contributed by atoms with van der Waals surface area (Å²) < 4.78 is 95.2. The van der Waals surface area contributed by atoms with E-state index in [0.717, 1.165) is 54.1 Å². The van der Waals surface area contributed by atoms with E-state index in [2.05, 4.69) is 0 Å². The topological polar surface area (TPSA) is 18.5 Å². The minimum atomic E-state index is -5.65. The van der Waals surface area contributed by atoms with Crippen molar-refractivity contribution in [1.29, 1.82) is 0 Å². The summed E-state index contributed by atoms with van der Waals surface area (Å²) in [6.07, 6.45) is -11.3. The molecule has 3 aromatic rings. The summed E-state index contributed by atoms with van der Waals surface area (Å²) in [7, 11) is 1.27. The van der Waals surface area contributed by atoms with Gasteiger partial charge in [-0.1, -0.05) is 42.0 Å². The first-order chi connectivity index (χ1) is 14.5. The summed E-state index contributed by atoms with van der Waals surface area (Å²) in [4.78, 5) is 0. The van der Waals surface area contributed by atoms with E-state index < -0.39 is 28.9 Å². The molecule has 164 valence electrons. The molecule has 0 aliphatic rings. The SMILES string of the molecule is COc1ccc(C(c2ccc(Oc3ccc(C)cc3)cc2)(C(F)(F)F)C(F)(F)F)cc1. The van der Waals surface area contributed by atoms with Crippen LogP contribution in [0.1, 0.15) is 16.7 Å². The van der Waals surface area contributed by atoms with E-state index in [-0.39, 0.29) is 11.5 Å². The Hall–Kier alpha value is -3.16. The fourth-order valence-electron chi connectivity index (χ4n) is 3.34. The molecule has 0 unspecified atom stereocenters. The van der Waals surface area contributed by atoms with Crippen LogP contribution in [-0.2, 0) is 5.41 Å². The average molecular weight is 440 g/mol. The maximum absolute atomic E-state index is 14.1. The Morgan fingerprint density at radius 1 is 0.548 bits per heavy atom. The van der Waals surface area contributed by atoms with Crippen LogP contribution in [0, 0.1) is 6.92 Å². The van der Waals surface area contributed by atoms with Crippen molar-refractivity contribution in [3.8, 4) is 17.2 Å². The maximum Gasteiger partial charge on any atom is 0.411 e. The van der Waals surface area contributed by atoms with Crippen molar-refractivity contribution >= 4 is 0 Å². The van der Waals surface area contributed by atoms with Crippen LogP contribution in [-0.4, -0.2) is 19.5 Å². The van der Waals surface area contributed by atoms with Gasteiger partial charge >= 0.3 is 12.4 Å². The van der Waals surface area contributed by atoms with Crippen molar-refractivity contribution in [2.24, 2.45) is 0 Å². The highest BCUT2D eigenvalue weighted by Crippen LogP contribution is 2.56. The first-order valence-corrected chi connectivity index (χ1v) is 9.12. The second-order valence-corrected chi connectivity index (χ2v) is 6.91. The molecule has 0 aliphatic heterocycles. The van der Waals surface area contributed by atoms with Crippen molar-refractivity contribution in [2.75, 3.05) is 7.11 Å². The molecule has 0 saturated carbocycles. The quantitative estimate of drug-likeness (QED) is 0.391. The maximum atomic E-state index is 14.1. The van der Waals surface area contributed by atoms with Crippen LogP contribution in [0.15, 0.2) is 72.8 Å². The second kappa shape index (κ2) is 8.17. The smallest absolute Gasteiger partial charge is 0.411 e. The minimum Gasteiger partial charge on any atom is -0.497 e. The predicted octanol–water partition coefficient (Wildman–Crippen LogP) is 7.21. The molecule has 0 spiro atoms. The summed E-state index contributed by atoms with van der Waals surface area (Å²) in [5.74, 6) is 0.663. The van der Waals surface area contributed by atoms with E-state index in [0.29, 0.717) is 5.75 Å². The highest BCUT2D eigenvalue weighted by molar-refractivity contribution is 5.47. The van der Waals surface area contributed by atoms with Crippen molar-refractivity contribution in [1.82, 2.24) is 0 Å². The molecule has 0 radical (unpaired) electrons. The van der Waals surface area contributed by atoms with Crippen LogP contribution in [0.25, 0.3) is 0 Å². The van der Waals surface area contributed by atoms with E-state index in [1.54, 1.807) is 24.3 Å². The predicted molar refractivity (Wildman–Crippen MR) is 104 cm³/mol. The summed E-state index contributed by atoms with van der Waals surface area (Å²) in [6.45, 7) is 1.87. The summed E-state index contributed by atoms with van der Waals surface area (Å²) in [6, 6.07) is 14.3. The number of aryl methyl sites for hydroxylation is 1. The third kappa shape index (κ3) is 4.19. The fourth-order valence-corrected chi connectivity index (χ4v) is 3.34. The largest absolute Gasteiger partial charge is 0.497 e. The standard InChI is InChI=1S/C23H18F6O2/c1-15-3-9-19(10-4-15)31-20-13-7-17(8-14-20)21(22(24,25)26,23(27,28)29)16-5-11-18(30-2)12-6-16/h3-14H,1-2H3. The lowest BCUT2D eigenvalue weighted by Gasteiger charge is -2.38. The van der Waals surface area contributed by atoms with Gasteiger partial charge in [-0.05, 0) is 54.4 Å². The molecular formula is C23H18F6O2. The Morgan fingerprint density at radius 2 is 0.903 bits per heavy atom. The van der Waals surface area contributed by atoms with Gasteiger partial charge in [-0.15, -0.1) is 0 Å².